The van der Waals surface area contributed by atoms with Gasteiger partial charge in [-0.3, -0.25) is 0 Å². The molecule has 5 aromatic rings. The van der Waals surface area contributed by atoms with Gasteiger partial charge in [-0.05, 0) is 59.6 Å². The van der Waals surface area contributed by atoms with E-state index in [0.717, 1.165) is 32.9 Å². The zero-order valence-electron chi connectivity index (χ0n) is 24.5. The van der Waals surface area contributed by atoms with Gasteiger partial charge in [0.25, 0.3) is 0 Å². The topological polar surface area (TPSA) is 130 Å². The molecule has 14 heteroatoms. The van der Waals surface area contributed by atoms with Crippen molar-refractivity contribution in [1.82, 2.24) is 29.9 Å². The van der Waals surface area contributed by atoms with E-state index in [1.807, 2.05) is 36.4 Å². The minimum Gasteiger partial charge on any atom is -0.870 e. The quantitative estimate of drug-likeness (QED) is 0.0746. The third kappa shape index (κ3) is 18.6. The first-order valence-electron chi connectivity index (χ1n) is 12.8. The van der Waals surface area contributed by atoms with Gasteiger partial charge in [0, 0.05) is 67.1 Å². The molecule has 0 fully saturated rings. The number of aliphatic hydroxyl groups is 1. The van der Waals surface area contributed by atoms with Gasteiger partial charge < -0.3 is 15.6 Å². The summed E-state index contributed by atoms with van der Waals surface area (Å²) in [7, 11) is 0. The number of hydrogen-bond acceptors (Lipinski definition) is 10. The Labute approximate surface area is 325 Å². The molecule has 0 spiro atoms. The standard InChI is InChI=1S/C16H14N4S2.C8H8Cl2.C4H4N2S.C2H6O.K.H2O/c1-2-6-14(12-22-16-19-9-4-10-20-16)13(5-1)11-21-15-17-7-3-8-18-15;9-5-7-3-1-2-4-8(7)6-10;7-4-5-2-1-3-6-4;1-2-3;;/h1-10H,11-12H2;1-4H,5-6H2;1-3H,(H,5,6,7);3H,2H2,1H3;;1H2/q;;;;+1;/p-1. The Bertz CT molecular complexity index is 1360. The maximum absolute atomic E-state index is 7.57. The number of rotatable bonds is 8. The van der Waals surface area contributed by atoms with Crippen LogP contribution in [0.5, 0.6) is 0 Å². The predicted molar refractivity (Wildman–Crippen MR) is 179 cm³/mol. The van der Waals surface area contributed by atoms with Gasteiger partial charge in [0.1, 0.15) is 0 Å². The van der Waals surface area contributed by atoms with E-state index >= 15 is 0 Å². The van der Waals surface area contributed by atoms with Crippen molar-refractivity contribution in [1.29, 1.82) is 0 Å². The van der Waals surface area contributed by atoms with Crippen LogP contribution in [0.1, 0.15) is 29.2 Å². The van der Waals surface area contributed by atoms with Crippen LogP contribution in [0.4, 0.5) is 0 Å². The fraction of sp³-hybridized carbons (Fsp3) is 0.200. The van der Waals surface area contributed by atoms with Crippen molar-refractivity contribution >= 4 is 58.9 Å². The molecule has 44 heavy (non-hydrogen) atoms. The first-order valence-corrected chi connectivity index (χ1v) is 16.2. The van der Waals surface area contributed by atoms with Gasteiger partial charge >= 0.3 is 51.4 Å². The van der Waals surface area contributed by atoms with Gasteiger partial charge in [0.15, 0.2) is 15.1 Å². The molecule has 0 aliphatic carbocycles. The van der Waals surface area contributed by atoms with Crippen LogP contribution in [0.3, 0.4) is 0 Å². The molecule has 0 saturated carbocycles. The van der Waals surface area contributed by atoms with E-state index in [1.165, 1.54) is 11.1 Å². The third-order valence-corrected chi connectivity index (χ3v) is 7.55. The van der Waals surface area contributed by atoms with Crippen molar-refractivity contribution in [3.8, 4) is 0 Å². The Kier molecular flexibility index (Phi) is 27.2. The summed E-state index contributed by atoms with van der Waals surface area (Å²) in [5, 5.41) is 9.17. The molecular formula is C30H33Cl2KN6O2S3. The van der Waals surface area contributed by atoms with Gasteiger partial charge in [0.2, 0.25) is 0 Å². The van der Waals surface area contributed by atoms with Gasteiger partial charge in [-0.2, -0.15) is 0 Å². The average molecular weight is 716 g/mol. The number of nitrogens with zero attached hydrogens (tertiary/aromatic N) is 5. The fourth-order valence-corrected chi connectivity index (χ4v) is 5.30. The normalized spacial score (nSPS) is 9.27. The summed E-state index contributed by atoms with van der Waals surface area (Å²) in [6.45, 7) is 1.93. The Morgan fingerprint density at radius 3 is 1.32 bits per heavy atom. The second kappa shape index (κ2) is 28.0. The van der Waals surface area contributed by atoms with Crippen LogP contribution >= 0.6 is 58.9 Å². The van der Waals surface area contributed by atoms with Gasteiger partial charge in [-0.1, -0.05) is 72.1 Å². The number of halogens is 2. The van der Waals surface area contributed by atoms with Crippen molar-refractivity contribution in [3.05, 3.63) is 131 Å². The van der Waals surface area contributed by atoms with E-state index in [-0.39, 0.29) is 63.5 Å². The number of alkyl halides is 2. The van der Waals surface area contributed by atoms with Crippen molar-refractivity contribution in [2.45, 2.75) is 40.5 Å². The summed E-state index contributed by atoms with van der Waals surface area (Å²) in [5.41, 5.74) is 4.84. The molecule has 228 valence electrons. The SMILES string of the molecule is CCO.ClCc1ccccc1CCl.S=c1nccc[nH]1.[K+].[OH-].c1cnc(SCc2ccccc2CSc2ncccn2)nc1. The number of H-pyrrole nitrogens is 1. The molecule has 0 amide bonds. The number of nitrogens with one attached hydrogen (secondary N) is 1. The smallest absolute Gasteiger partial charge is 0.870 e. The second-order valence-corrected chi connectivity index (χ2v) is 10.7. The Balaban J connectivity index is 0.000000698. The number of aromatic nitrogens is 6. The molecule has 0 saturated heterocycles. The zero-order chi connectivity index (χ0) is 30.3. The summed E-state index contributed by atoms with van der Waals surface area (Å²) >= 11 is 19.2. The molecule has 3 N–H and O–H groups in total. The van der Waals surface area contributed by atoms with Crippen LogP contribution in [-0.4, -0.2) is 47.1 Å². The Morgan fingerprint density at radius 1 is 0.659 bits per heavy atom. The minimum atomic E-state index is 0. The molecule has 0 radical (unpaired) electrons. The van der Waals surface area contributed by atoms with Crippen LogP contribution in [0.15, 0.2) is 114 Å². The van der Waals surface area contributed by atoms with E-state index < -0.39 is 0 Å². The number of aromatic amines is 1. The van der Waals surface area contributed by atoms with Gasteiger partial charge in [0.05, 0.1) is 0 Å². The molecule has 3 heterocycles. The molecule has 0 atom stereocenters. The van der Waals surface area contributed by atoms with Crippen molar-refractivity contribution < 1.29 is 62.0 Å². The summed E-state index contributed by atoms with van der Waals surface area (Å²) in [5.74, 6) is 2.80. The molecule has 2 aromatic carbocycles. The first kappa shape index (κ1) is 42.7. The summed E-state index contributed by atoms with van der Waals surface area (Å²) in [4.78, 5) is 23.4. The molecular weight excluding hydrogens is 683 g/mol. The van der Waals surface area contributed by atoms with Crippen molar-refractivity contribution in [2.75, 3.05) is 6.61 Å². The number of benzene rings is 2. The van der Waals surface area contributed by atoms with E-state index in [4.69, 9.17) is 28.3 Å². The first-order chi connectivity index (χ1) is 20.6. The van der Waals surface area contributed by atoms with E-state index in [2.05, 4.69) is 66.4 Å². The maximum atomic E-state index is 7.57. The largest absolute Gasteiger partial charge is 1.00 e. The molecule has 0 aliphatic heterocycles. The molecule has 3 aromatic heterocycles. The van der Waals surface area contributed by atoms with Crippen LogP contribution < -0.4 is 51.4 Å². The van der Waals surface area contributed by atoms with E-state index in [0.29, 0.717) is 16.5 Å². The Morgan fingerprint density at radius 2 is 1.02 bits per heavy atom. The van der Waals surface area contributed by atoms with Gasteiger partial charge in [-0.15, -0.1) is 23.2 Å². The van der Waals surface area contributed by atoms with E-state index in [1.54, 1.807) is 73.7 Å². The number of hydrogen-bond donors (Lipinski definition) is 2. The van der Waals surface area contributed by atoms with E-state index in [9.17, 15) is 0 Å². The van der Waals surface area contributed by atoms with Crippen molar-refractivity contribution in [2.24, 2.45) is 0 Å². The van der Waals surface area contributed by atoms with Crippen LogP contribution in [-0.2, 0) is 23.3 Å². The van der Waals surface area contributed by atoms with Crippen molar-refractivity contribution in [3.63, 3.8) is 0 Å². The number of aliphatic hydroxyl groups excluding tert-OH is 1. The average Bonchev–Trinajstić information content (AvgIpc) is 3.05. The monoisotopic (exact) mass is 714 g/mol. The Hall–Kier alpha value is -1.26. The zero-order valence-corrected chi connectivity index (χ0v) is 31.5. The molecule has 0 bridgehead atoms. The molecule has 0 unspecified atom stereocenters. The maximum Gasteiger partial charge on any atom is 1.00 e. The van der Waals surface area contributed by atoms with Crippen LogP contribution in [0, 0.1) is 4.77 Å². The molecule has 0 aliphatic rings. The summed E-state index contributed by atoms with van der Waals surface area (Å²) in [6, 6.07) is 21.8. The second-order valence-electron chi connectivity index (χ2n) is 7.85. The summed E-state index contributed by atoms with van der Waals surface area (Å²) in [6.07, 6.45) is 10.5. The van der Waals surface area contributed by atoms with Crippen LogP contribution in [0.25, 0.3) is 0 Å². The van der Waals surface area contributed by atoms with Gasteiger partial charge in [-0.25, -0.2) is 24.9 Å². The predicted octanol–water partition coefficient (Wildman–Crippen LogP) is 4.98. The third-order valence-electron chi connectivity index (χ3n) is 4.90. The van der Waals surface area contributed by atoms with Crippen LogP contribution in [0.2, 0.25) is 0 Å². The minimum absolute atomic E-state index is 0. The summed E-state index contributed by atoms with van der Waals surface area (Å²) < 4.78 is 0.530. The fourth-order valence-electron chi connectivity index (χ4n) is 2.97. The molecule has 5 rings (SSSR count). The molecule has 8 nitrogen and oxygen atoms in total. The number of thioether (sulfide) groups is 2.